The number of nitrogens with one attached hydrogen (secondary N) is 2. The van der Waals surface area contributed by atoms with E-state index in [0.29, 0.717) is 5.75 Å². The molecule has 3 N–H and O–H groups in total. The van der Waals surface area contributed by atoms with E-state index in [2.05, 4.69) is 17.1 Å². The van der Waals surface area contributed by atoms with Crippen LogP contribution in [0, 0.1) is 0 Å². The number of aliphatic hydroxyl groups is 1. The van der Waals surface area contributed by atoms with Crippen molar-refractivity contribution < 1.29 is 14.6 Å². The van der Waals surface area contributed by atoms with Crippen LogP contribution in [0.15, 0.2) is 35.4 Å². The fourth-order valence-electron chi connectivity index (χ4n) is 0.683. The number of ether oxygens (including phenoxy) is 1. The highest BCUT2D eigenvalue weighted by molar-refractivity contribution is 5.70. The van der Waals surface area contributed by atoms with Gasteiger partial charge in [0.05, 0.1) is 6.73 Å². The van der Waals surface area contributed by atoms with E-state index >= 15 is 0 Å². The van der Waals surface area contributed by atoms with Crippen molar-refractivity contribution in [3.63, 3.8) is 0 Å². The molecule has 6 heteroatoms. The molecule has 1 aromatic rings. The summed E-state index contributed by atoms with van der Waals surface area (Å²) in [4.78, 5) is 10.7. The van der Waals surface area contributed by atoms with Crippen molar-refractivity contribution >= 4 is 12.8 Å². The van der Waals surface area contributed by atoms with Crippen LogP contribution in [0.1, 0.15) is 0 Å². The Morgan fingerprint density at radius 1 is 1.50 bits per heavy atom. The number of hydrogen-bond donors (Lipinski definition) is 3. The minimum Gasteiger partial charge on any atom is -0.409 e. The Balaban J connectivity index is 0.000000487. The molecule has 6 nitrogen and oxygen atoms in total. The Bertz CT molecular complexity index is 301. The zero-order valence-corrected chi connectivity index (χ0v) is 9.01. The Morgan fingerprint density at radius 3 is 2.50 bits per heavy atom. The summed E-state index contributed by atoms with van der Waals surface area (Å²) in [6.07, 6.45) is -0.642. The number of aliphatic hydroxyl groups excluding tert-OH is 1. The van der Waals surface area contributed by atoms with Gasteiger partial charge in [0, 0.05) is 6.72 Å². The molecule has 0 saturated heterocycles. The summed E-state index contributed by atoms with van der Waals surface area (Å²) in [5, 5.41) is 13.4. The second kappa shape index (κ2) is 9.63. The van der Waals surface area contributed by atoms with E-state index in [4.69, 9.17) is 9.84 Å². The minimum atomic E-state index is -0.642. The third-order valence-electron chi connectivity index (χ3n) is 1.28. The van der Waals surface area contributed by atoms with Crippen LogP contribution in [-0.2, 0) is 0 Å². The summed E-state index contributed by atoms with van der Waals surface area (Å²) in [6, 6.07) is 8.70. The molecule has 0 fully saturated rings. The largest absolute Gasteiger partial charge is 0.433 e. The standard InChI is InChI=1S/C8H8N2O2.C2H7NO/c1-9-10-8(11)12-7-5-3-2-4-6-7;1-3-2-4/h2-6H,1H2,(H,10,11);3-4H,2H2,1H3. The molecule has 0 atom stereocenters. The lowest BCUT2D eigenvalue weighted by Crippen LogP contribution is -2.20. The van der Waals surface area contributed by atoms with Crippen LogP contribution in [0.4, 0.5) is 4.79 Å². The van der Waals surface area contributed by atoms with E-state index in [1.54, 1.807) is 31.3 Å². The van der Waals surface area contributed by atoms with Gasteiger partial charge in [-0.3, -0.25) is 5.32 Å². The van der Waals surface area contributed by atoms with Gasteiger partial charge in [-0.1, -0.05) is 18.2 Å². The molecule has 1 aromatic carbocycles. The average Bonchev–Trinajstić information content (AvgIpc) is 2.31. The summed E-state index contributed by atoms with van der Waals surface area (Å²) in [5.74, 6) is 0.471. The van der Waals surface area contributed by atoms with Gasteiger partial charge in [-0.2, -0.15) is 5.10 Å². The summed E-state index contributed by atoms with van der Waals surface area (Å²) >= 11 is 0. The van der Waals surface area contributed by atoms with E-state index < -0.39 is 6.09 Å². The van der Waals surface area contributed by atoms with Crippen LogP contribution < -0.4 is 15.5 Å². The van der Waals surface area contributed by atoms with Crippen molar-refractivity contribution in [3.05, 3.63) is 30.3 Å². The van der Waals surface area contributed by atoms with Crippen molar-refractivity contribution in [1.82, 2.24) is 10.7 Å². The van der Waals surface area contributed by atoms with Gasteiger partial charge >= 0.3 is 6.09 Å². The SMILES string of the molecule is C=NNC(=O)Oc1ccccc1.CNCO. The first-order valence-corrected chi connectivity index (χ1v) is 4.48. The quantitative estimate of drug-likeness (QED) is 0.398. The number of nitrogens with zero attached hydrogens (tertiary/aromatic N) is 1. The molecule has 0 saturated carbocycles. The van der Waals surface area contributed by atoms with E-state index in [0.717, 1.165) is 0 Å². The van der Waals surface area contributed by atoms with Crippen LogP contribution in [-0.4, -0.2) is 31.7 Å². The maximum Gasteiger partial charge on any atom is 0.433 e. The van der Waals surface area contributed by atoms with Gasteiger partial charge in [0.2, 0.25) is 0 Å². The van der Waals surface area contributed by atoms with E-state index in [1.165, 1.54) is 0 Å². The Morgan fingerprint density at radius 2 is 2.06 bits per heavy atom. The topological polar surface area (TPSA) is 83.0 Å². The smallest absolute Gasteiger partial charge is 0.409 e. The zero-order valence-electron chi connectivity index (χ0n) is 9.01. The van der Waals surface area contributed by atoms with Gasteiger partial charge in [-0.15, -0.1) is 0 Å². The molecule has 0 aliphatic rings. The first kappa shape index (κ1) is 14.1. The lowest BCUT2D eigenvalue weighted by Gasteiger charge is -2.00. The lowest BCUT2D eigenvalue weighted by molar-refractivity contribution is 0.201. The second-order valence-electron chi connectivity index (χ2n) is 2.48. The number of amides is 1. The number of rotatable bonds is 3. The average molecular weight is 225 g/mol. The molecule has 88 valence electrons. The fourth-order valence-corrected chi connectivity index (χ4v) is 0.683. The molecule has 0 aliphatic carbocycles. The number of carbonyl (C=O) groups is 1. The maximum atomic E-state index is 10.7. The normalized spacial score (nSPS) is 8.38. The predicted molar refractivity (Wildman–Crippen MR) is 61.3 cm³/mol. The highest BCUT2D eigenvalue weighted by Gasteiger charge is 1.99. The van der Waals surface area contributed by atoms with Crippen LogP contribution in [0.5, 0.6) is 5.75 Å². The van der Waals surface area contributed by atoms with Gasteiger partial charge in [0.25, 0.3) is 0 Å². The molecular formula is C10H15N3O3. The Kier molecular flexibility index (Phi) is 8.47. The molecule has 0 radical (unpaired) electrons. The number of hydrogen-bond acceptors (Lipinski definition) is 5. The molecule has 0 spiro atoms. The third-order valence-corrected chi connectivity index (χ3v) is 1.28. The van der Waals surface area contributed by atoms with Gasteiger partial charge in [-0.25, -0.2) is 10.2 Å². The minimum absolute atomic E-state index is 0.0694. The molecule has 0 aliphatic heterocycles. The Hall–Kier alpha value is -1.92. The van der Waals surface area contributed by atoms with Crippen LogP contribution >= 0.6 is 0 Å². The van der Waals surface area contributed by atoms with Gasteiger partial charge in [0.15, 0.2) is 0 Å². The third kappa shape index (κ3) is 7.48. The lowest BCUT2D eigenvalue weighted by atomic mass is 10.3. The molecule has 0 aromatic heterocycles. The molecule has 0 heterocycles. The number of hydrazone groups is 1. The van der Waals surface area contributed by atoms with Crippen molar-refractivity contribution in [2.24, 2.45) is 5.10 Å². The molecule has 0 unspecified atom stereocenters. The Labute approximate surface area is 93.9 Å². The van der Waals surface area contributed by atoms with Crippen LogP contribution in [0.2, 0.25) is 0 Å². The van der Waals surface area contributed by atoms with Gasteiger partial charge in [-0.05, 0) is 19.2 Å². The highest BCUT2D eigenvalue weighted by atomic mass is 16.6. The number of carbonyl (C=O) groups excluding carboxylic acids is 1. The highest BCUT2D eigenvalue weighted by Crippen LogP contribution is 2.07. The summed E-state index contributed by atoms with van der Waals surface area (Å²) in [5.41, 5.74) is 2.05. The summed E-state index contributed by atoms with van der Waals surface area (Å²) in [7, 11) is 1.68. The molecule has 0 bridgehead atoms. The zero-order chi connectivity index (χ0) is 12.2. The molecule has 16 heavy (non-hydrogen) atoms. The summed E-state index contributed by atoms with van der Waals surface area (Å²) < 4.78 is 4.77. The van der Waals surface area contributed by atoms with Crippen molar-refractivity contribution in [3.8, 4) is 5.75 Å². The monoisotopic (exact) mass is 225 g/mol. The predicted octanol–water partition coefficient (Wildman–Crippen LogP) is 0.546. The van der Waals surface area contributed by atoms with Crippen molar-refractivity contribution in [2.75, 3.05) is 13.8 Å². The molecule has 1 rings (SSSR count). The van der Waals surface area contributed by atoms with Crippen LogP contribution in [0.25, 0.3) is 0 Å². The van der Waals surface area contributed by atoms with Crippen LogP contribution in [0.3, 0.4) is 0 Å². The second-order valence-corrected chi connectivity index (χ2v) is 2.48. The summed E-state index contributed by atoms with van der Waals surface area (Å²) in [6.45, 7) is 3.15. The number of benzene rings is 1. The van der Waals surface area contributed by atoms with Gasteiger partial charge in [0.1, 0.15) is 5.75 Å². The molecule has 1 amide bonds. The number of para-hydroxylation sites is 1. The first-order chi connectivity index (χ1) is 7.74. The van der Waals surface area contributed by atoms with E-state index in [9.17, 15) is 4.79 Å². The van der Waals surface area contributed by atoms with Crippen molar-refractivity contribution in [1.29, 1.82) is 0 Å². The van der Waals surface area contributed by atoms with E-state index in [1.807, 2.05) is 11.5 Å². The fraction of sp³-hybridized carbons (Fsp3) is 0.200. The van der Waals surface area contributed by atoms with Crippen molar-refractivity contribution in [2.45, 2.75) is 0 Å². The molecular weight excluding hydrogens is 210 g/mol. The maximum absolute atomic E-state index is 10.7. The van der Waals surface area contributed by atoms with Gasteiger partial charge < -0.3 is 9.84 Å². The van der Waals surface area contributed by atoms with E-state index in [-0.39, 0.29) is 6.73 Å². The first-order valence-electron chi connectivity index (χ1n) is 4.48.